The van der Waals surface area contributed by atoms with Crippen LogP contribution in [0.15, 0.2) is 48.8 Å². The van der Waals surface area contributed by atoms with Crippen LogP contribution >= 0.6 is 0 Å². The van der Waals surface area contributed by atoms with Crippen molar-refractivity contribution in [1.82, 2.24) is 9.38 Å². The Morgan fingerprint density at radius 3 is 2.86 bits per heavy atom. The van der Waals surface area contributed by atoms with E-state index < -0.39 is 6.10 Å². The monoisotopic (exact) mass is 282 g/mol. The molecule has 0 bridgehead atoms. The summed E-state index contributed by atoms with van der Waals surface area (Å²) in [5.74, 6) is 0.816. The van der Waals surface area contributed by atoms with E-state index in [2.05, 4.69) is 4.98 Å². The quantitative estimate of drug-likeness (QED) is 0.799. The maximum absolute atomic E-state index is 9.57. The normalized spacial score (nSPS) is 12.5. The molecule has 0 amide bonds. The molecule has 0 saturated carbocycles. The summed E-state index contributed by atoms with van der Waals surface area (Å²) in [7, 11) is 0. The highest BCUT2D eigenvalue weighted by atomic mass is 16.5. The zero-order chi connectivity index (χ0) is 14.8. The van der Waals surface area contributed by atoms with Crippen molar-refractivity contribution in [2.75, 3.05) is 0 Å². The molecule has 0 unspecified atom stereocenters. The second-order valence-electron chi connectivity index (χ2n) is 5.19. The van der Waals surface area contributed by atoms with E-state index in [-0.39, 0.29) is 0 Å². The molecule has 0 radical (unpaired) electrons. The van der Waals surface area contributed by atoms with Crippen LogP contribution in [0.1, 0.15) is 29.8 Å². The lowest BCUT2D eigenvalue weighted by molar-refractivity contribution is 0.199. The van der Waals surface area contributed by atoms with Crippen molar-refractivity contribution < 1.29 is 9.84 Å². The molecule has 4 heteroatoms. The Hall–Kier alpha value is -2.33. The Labute approximate surface area is 123 Å². The highest BCUT2D eigenvalue weighted by molar-refractivity contribution is 5.40. The summed E-state index contributed by atoms with van der Waals surface area (Å²) < 4.78 is 7.80. The zero-order valence-corrected chi connectivity index (χ0v) is 12.2. The van der Waals surface area contributed by atoms with Gasteiger partial charge in [-0.15, -0.1) is 0 Å². The Kier molecular flexibility index (Phi) is 3.62. The maximum atomic E-state index is 9.57. The summed E-state index contributed by atoms with van der Waals surface area (Å²) in [5, 5.41) is 9.57. The van der Waals surface area contributed by atoms with E-state index in [0.717, 1.165) is 28.2 Å². The first-order chi connectivity index (χ1) is 10.1. The molecule has 1 aromatic carbocycles. The second-order valence-corrected chi connectivity index (χ2v) is 5.19. The Bertz CT molecular complexity index is 729. The fourth-order valence-electron chi connectivity index (χ4n) is 2.30. The van der Waals surface area contributed by atoms with Crippen LogP contribution in [0.25, 0.3) is 5.65 Å². The predicted molar refractivity (Wildman–Crippen MR) is 81.3 cm³/mol. The smallest absolute Gasteiger partial charge is 0.137 e. The molecule has 1 N–H and O–H groups in total. The maximum Gasteiger partial charge on any atom is 0.137 e. The van der Waals surface area contributed by atoms with Crippen molar-refractivity contribution in [3.8, 4) is 5.75 Å². The van der Waals surface area contributed by atoms with Crippen molar-refractivity contribution in [2.45, 2.75) is 26.6 Å². The van der Waals surface area contributed by atoms with Crippen LogP contribution in [0.2, 0.25) is 0 Å². The van der Waals surface area contributed by atoms with Crippen LogP contribution in [-0.2, 0) is 6.61 Å². The predicted octanol–water partition coefficient (Wildman–Crippen LogP) is 3.28. The van der Waals surface area contributed by atoms with Gasteiger partial charge in [-0.3, -0.25) is 0 Å². The number of hydrogen-bond donors (Lipinski definition) is 1. The van der Waals surface area contributed by atoms with Gasteiger partial charge in [0.2, 0.25) is 0 Å². The van der Waals surface area contributed by atoms with Gasteiger partial charge in [0, 0.05) is 12.4 Å². The Morgan fingerprint density at radius 1 is 1.29 bits per heavy atom. The SMILES string of the molecule is Cc1cc([C@H](C)O)ccc1OCc1cn2ccccc2n1. The molecule has 108 valence electrons. The molecular formula is C17H18N2O2. The summed E-state index contributed by atoms with van der Waals surface area (Å²) >= 11 is 0. The molecule has 1 atom stereocenters. The lowest BCUT2D eigenvalue weighted by Gasteiger charge is -2.11. The minimum atomic E-state index is -0.462. The van der Waals surface area contributed by atoms with Crippen molar-refractivity contribution in [3.63, 3.8) is 0 Å². The van der Waals surface area contributed by atoms with Crippen molar-refractivity contribution in [1.29, 1.82) is 0 Å². The van der Waals surface area contributed by atoms with Crippen LogP contribution in [0.4, 0.5) is 0 Å². The summed E-state index contributed by atoms with van der Waals surface area (Å²) in [4.78, 5) is 4.50. The van der Waals surface area contributed by atoms with Crippen LogP contribution in [0, 0.1) is 6.92 Å². The lowest BCUT2D eigenvalue weighted by atomic mass is 10.1. The van der Waals surface area contributed by atoms with E-state index in [4.69, 9.17) is 4.74 Å². The van der Waals surface area contributed by atoms with Gasteiger partial charge in [0.05, 0.1) is 11.8 Å². The Balaban J connectivity index is 1.75. The van der Waals surface area contributed by atoms with E-state index in [0.29, 0.717) is 6.61 Å². The molecule has 21 heavy (non-hydrogen) atoms. The fraction of sp³-hybridized carbons (Fsp3) is 0.235. The number of aryl methyl sites for hydroxylation is 1. The molecule has 2 aromatic heterocycles. The van der Waals surface area contributed by atoms with Crippen LogP contribution in [0.5, 0.6) is 5.75 Å². The molecular weight excluding hydrogens is 264 g/mol. The number of pyridine rings is 1. The molecule has 0 aliphatic carbocycles. The number of benzene rings is 1. The van der Waals surface area contributed by atoms with E-state index in [1.54, 1.807) is 6.92 Å². The van der Waals surface area contributed by atoms with Gasteiger partial charge < -0.3 is 14.2 Å². The Morgan fingerprint density at radius 2 is 2.14 bits per heavy atom. The lowest BCUT2D eigenvalue weighted by Crippen LogP contribution is -1.99. The summed E-state index contributed by atoms with van der Waals surface area (Å²) in [6, 6.07) is 11.6. The first-order valence-electron chi connectivity index (χ1n) is 6.97. The first kappa shape index (κ1) is 13.6. The molecule has 3 aromatic rings. The standard InChI is InChI=1S/C17H18N2O2/c1-12-9-14(13(2)20)6-7-16(12)21-11-15-10-19-8-4-3-5-17(19)18-15/h3-10,13,20H,11H2,1-2H3/t13-/m0/s1. The van der Waals surface area contributed by atoms with Gasteiger partial charge in [0.1, 0.15) is 18.0 Å². The first-order valence-corrected chi connectivity index (χ1v) is 6.97. The van der Waals surface area contributed by atoms with Crippen molar-refractivity contribution >= 4 is 5.65 Å². The van der Waals surface area contributed by atoms with E-state index in [1.807, 2.05) is 60.1 Å². The minimum Gasteiger partial charge on any atom is -0.487 e. The van der Waals surface area contributed by atoms with E-state index >= 15 is 0 Å². The van der Waals surface area contributed by atoms with Crippen LogP contribution < -0.4 is 4.74 Å². The number of hydrogen-bond acceptors (Lipinski definition) is 3. The van der Waals surface area contributed by atoms with Crippen LogP contribution in [0.3, 0.4) is 0 Å². The molecule has 4 nitrogen and oxygen atoms in total. The molecule has 3 rings (SSSR count). The fourth-order valence-corrected chi connectivity index (χ4v) is 2.30. The third-order valence-corrected chi connectivity index (χ3v) is 3.47. The molecule has 0 saturated heterocycles. The number of aliphatic hydroxyl groups excluding tert-OH is 1. The van der Waals surface area contributed by atoms with Crippen molar-refractivity contribution in [3.05, 3.63) is 65.6 Å². The second kappa shape index (κ2) is 5.58. The number of aliphatic hydroxyl groups is 1. The molecule has 0 aliphatic rings. The molecule has 2 heterocycles. The zero-order valence-electron chi connectivity index (χ0n) is 12.2. The number of nitrogens with zero attached hydrogens (tertiary/aromatic N) is 2. The number of imidazole rings is 1. The van der Waals surface area contributed by atoms with Crippen LogP contribution in [-0.4, -0.2) is 14.5 Å². The highest BCUT2D eigenvalue weighted by Gasteiger charge is 2.07. The summed E-state index contributed by atoms with van der Waals surface area (Å²) in [6.07, 6.45) is 3.47. The average Bonchev–Trinajstić information content (AvgIpc) is 2.88. The topological polar surface area (TPSA) is 46.8 Å². The highest BCUT2D eigenvalue weighted by Crippen LogP contribution is 2.23. The third-order valence-electron chi connectivity index (χ3n) is 3.47. The van der Waals surface area contributed by atoms with Gasteiger partial charge in [-0.05, 0) is 49.2 Å². The number of aromatic nitrogens is 2. The van der Waals surface area contributed by atoms with E-state index in [9.17, 15) is 5.11 Å². The molecule has 0 fully saturated rings. The molecule has 0 spiro atoms. The molecule has 0 aliphatic heterocycles. The van der Waals surface area contributed by atoms with Gasteiger partial charge in [-0.25, -0.2) is 4.98 Å². The van der Waals surface area contributed by atoms with Gasteiger partial charge in [0.25, 0.3) is 0 Å². The number of rotatable bonds is 4. The van der Waals surface area contributed by atoms with Crippen molar-refractivity contribution in [2.24, 2.45) is 0 Å². The summed E-state index contributed by atoms with van der Waals surface area (Å²) in [6.45, 7) is 4.16. The van der Waals surface area contributed by atoms with Gasteiger partial charge in [0.15, 0.2) is 0 Å². The average molecular weight is 282 g/mol. The van der Waals surface area contributed by atoms with Gasteiger partial charge in [-0.1, -0.05) is 12.1 Å². The largest absolute Gasteiger partial charge is 0.487 e. The minimum absolute atomic E-state index is 0.427. The number of fused-ring (bicyclic) bond motifs is 1. The summed E-state index contributed by atoms with van der Waals surface area (Å²) in [5.41, 5.74) is 3.71. The van der Waals surface area contributed by atoms with E-state index in [1.165, 1.54) is 0 Å². The van der Waals surface area contributed by atoms with Gasteiger partial charge in [-0.2, -0.15) is 0 Å². The third kappa shape index (κ3) is 2.90. The van der Waals surface area contributed by atoms with Gasteiger partial charge >= 0.3 is 0 Å². The number of ether oxygens (including phenoxy) is 1.